The molecule has 1 fully saturated rings. The Morgan fingerprint density at radius 3 is 2.61 bits per heavy atom. The smallest absolute Gasteiger partial charge is 0.231 e. The van der Waals surface area contributed by atoms with Crippen molar-refractivity contribution in [2.45, 2.75) is 25.8 Å². The van der Waals surface area contributed by atoms with Crippen molar-refractivity contribution in [2.75, 3.05) is 18.4 Å². The van der Waals surface area contributed by atoms with E-state index in [0.29, 0.717) is 0 Å². The van der Waals surface area contributed by atoms with Crippen molar-refractivity contribution in [1.82, 2.24) is 9.88 Å². The van der Waals surface area contributed by atoms with Crippen LogP contribution >= 0.6 is 0 Å². The highest BCUT2D eigenvalue weighted by Gasteiger charge is 2.44. The molecule has 1 saturated heterocycles. The maximum Gasteiger partial charge on any atom is 0.231 e. The molecule has 118 valence electrons. The second kappa shape index (κ2) is 5.78. The molecule has 2 aromatic rings. The third-order valence-corrected chi connectivity index (χ3v) is 5.24. The summed E-state index contributed by atoms with van der Waals surface area (Å²) in [5, 5.41) is 3.12. The van der Waals surface area contributed by atoms with Crippen LogP contribution in [0.2, 0.25) is 0 Å². The van der Waals surface area contributed by atoms with E-state index in [1.165, 1.54) is 11.1 Å². The van der Waals surface area contributed by atoms with Crippen molar-refractivity contribution in [1.29, 1.82) is 0 Å². The average Bonchev–Trinajstić information content (AvgIpc) is 2.59. The summed E-state index contributed by atoms with van der Waals surface area (Å²) >= 11 is 0. The van der Waals surface area contributed by atoms with Gasteiger partial charge in [-0.15, -0.1) is 0 Å². The van der Waals surface area contributed by atoms with Gasteiger partial charge in [0.05, 0.1) is 5.41 Å². The summed E-state index contributed by atoms with van der Waals surface area (Å²) in [6, 6.07) is 12.3. The summed E-state index contributed by atoms with van der Waals surface area (Å²) in [7, 11) is 0. The van der Waals surface area contributed by atoms with Gasteiger partial charge in [0.2, 0.25) is 5.91 Å². The van der Waals surface area contributed by atoms with Crippen LogP contribution < -0.4 is 5.32 Å². The predicted molar refractivity (Wildman–Crippen MR) is 90.0 cm³/mol. The first kappa shape index (κ1) is 14.4. The summed E-state index contributed by atoms with van der Waals surface area (Å²) in [6.07, 6.45) is 6.41. The molecule has 23 heavy (non-hydrogen) atoms. The van der Waals surface area contributed by atoms with E-state index < -0.39 is 0 Å². The van der Waals surface area contributed by atoms with E-state index in [-0.39, 0.29) is 11.3 Å². The van der Waals surface area contributed by atoms with Gasteiger partial charge in [0, 0.05) is 24.6 Å². The molecular formula is C19H21N3O. The number of aromatic nitrogens is 1. The Morgan fingerprint density at radius 1 is 1.09 bits per heavy atom. The van der Waals surface area contributed by atoms with Crippen LogP contribution in [0.15, 0.2) is 48.8 Å². The van der Waals surface area contributed by atoms with Gasteiger partial charge < -0.3 is 5.32 Å². The zero-order valence-corrected chi connectivity index (χ0v) is 13.2. The van der Waals surface area contributed by atoms with Gasteiger partial charge in [-0.1, -0.05) is 18.2 Å². The van der Waals surface area contributed by atoms with Crippen LogP contribution in [0.3, 0.4) is 0 Å². The Balaban J connectivity index is 1.46. The highest BCUT2D eigenvalue weighted by molar-refractivity contribution is 5.98. The minimum Gasteiger partial charge on any atom is -0.325 e. The Labute approximate surface area is 136 Å². The molecule has 0 aliphatic carbocycles. The van der Waals surface area contributed by atoms with Gasteiger partial charge in [0.25, 0.3) is 0 Å². The fraction of sp³-hybridized carbons (Fsp3) is 0.368. The zero-order valence-electron chi connectivity index (χ0n) is 13.2. The van der Waals surface area contributed by atoms with Crippen LogP contribution in [0, 0.1) is 5.41 Å². The molecule has 0 atom stereocenters. The van der Waals surface area contributed by atoms with Crippen LogP contribution in [0.4, 0.5) is 5.69 Å². The molecule has 2 aliphatic heterocycles. The van der Waals surface area contributed by atoms with Crippen molar-refractivity contribution < 1.29 is 4.79 Å². The number of rotatable bonds is 2. The van der Waals surface area contributed by atoms with Crippen molar-refractivity contribution in [3.63, 3.8) is 0 Å². The normalized spacial score (nSPS) is 20.1. The number of piperidine rings is 1. The third-order valence-electron chi connectivity index (χ3n) is 5.24. The SMILES string of the molecule is O=C1Nc2ccccc2CC12CCN(Cc1ccncc1)CC2. The Morgan fingerprint density at radius 2 is 1.83 bits per heavy atom. The maximum atomic E-state index is 12.7. The lowest BCUT2D eigenvalue weighted by molar-refractivity contribution is -0.129. The summed E-state index contributed by atoms with van der Waals surface area (Å²) in [5.41, 5.74) is 3.33. The zero-order chi connectivity index (χ0) is 15.7. The van der Waals surface area contributed by atoms with Gasteiger partial charge in [0.15, 0.2) is 0 Å². The Bertz CT molecular complexity index is 706. The summed E-state index contributed by atoms with van der Waals surface area (Å²) in [6.45, 7) is 2.88. The topological polar surface area (TPSA) is 45.2 Å². The van der Waals surface area contributed by atoms with Crippen LogP contribution in [0.25, 0.3) is 0 Å². The van der Waals surface area contributed by atoms with Crippen molar-refractivity contribution in [2.24, 2.45) is 5.41 Å². The largest absolute Gasteiger partial charge is 0.325 e. The van der Waals surface area contributed by atoms with E-state index >= 15 is 0 Å². The summed E-state index contributed by atoms with van der Waals surface area (Å²) < 4.78 is 0. The molecule has 1 amide bonds. The average molecular weight is 307 g/mol. The molecule has 1 N–H and O–H groups in total. The number of hydrogen-bond donors (Lipinski definition) is 1. The number of hydrogen-bond acceptors (Lipinski definition) is 3. The fourth-order valence-corrected chi connectivity index (χ4v) is 3.79. The highest BCUT2D eigenvalue weighted by Crippen LogP contribution is 2.41. The molecule has 0 bridgehead atoms. The van der Waals surface area contributed by atoms with E-state index in [9.17, 15) is 4.79 Å². The standard InChI is InChI=1S/C19H21N3O/c23-18-19(13-16-3-1-2-4-17(16)21-18)7-11-22(12-8-19)14-15-5-9-20-10-6-15/h1-6,9-10H,7-8,11-14H2,(H,21,23). The number of anilines is 1. The third kappa shape index (κ3) is 2.75. The van der Waals surface area contributed by atoms with E-state index in [1.54, 1.807) is 0 Å². The number of para-hydroxylation sites is 1. The van der Waals surface area contributed by atoms with Gasteiger partial charge in [-0.05, 0) is 61.7 Å². The van der Waals surface area contributed by atoms with Crippen molar-refractivity contribution in [3.05, 3.63) is 59.9 Å². The van der Waals surface area contributed by atoms with Crippen molar-refractivity contribution in [3.8, 4) is 0 Å². The number of amides is 1. The molecule has 1 aromatic heterocycles. The summed E-state index contributed by atoms with van der Waals surface area (Å²) in [4.78, 5) is 19.2. The Hall–Kier alpha value is -2.20. The molecule has 1 spiro atoms. The van der Waals surface area contributed by atoms with Crippen LogP contribution in [0.1, 0.15) is 24.0 Å². The van der Waals surface area contributed by atoms with Gasteiger partial charge in [-0.2, -0.15) is 0 Å². The minimum absolute atomic E-state index is 0.208. The van der Waals surface area contributed by atoms with Crippen LogP contribution in [-0.4, -0.2) is 28.9 Å². The van der Waals surface area contributed by atoms with Gasteiger partial charge in [-0.25, -0.2) is 0 Å². The highest BCUT2D eigenvalue weighted by atomic mass is 16.2. The lowest BCUT2D eigenvalue weighted by Crippen LogP contribution is -2.49. The summed E-state index contributed by atoms with van der Waals surface area (Å²) in [5.74, 6) is 0.208. The quantitative estimate of drug-likeness (QED) is 0.928. The number of nitrogens with zero attached hydrogens (tertiary/aromatic N) is 2. The molecule has 4 nitrogen and oxygen atoms in total. The second-order valence-corrected chi connectivity index (χ2v) is 6.70. The molecule has 4 heteroatoms. The molecule has 0 radical (unpaired) electrons. The second-order valence-electron chi connectivity index (χ2n) is 6.70. The predicted octanol–water partition coefficient (Wildman–Crippen LogP) is 2.86. The number of fused-ring (bicyclic) bond motifs is 1. The molecule has 2 aliphatic rings. The van der Waals surface area contributed by atoms with Crippen LogP contribution in [-0.2, 0) is 17.8 Å². The van der Waals surface area contributed by atoms with Gasteiger partial charge >= 0.3 is 0 Å². The molecular weight excluding hydrogens is 286 g/mol. The van der Waals surface area contributed by atoms with Gasteiger partial charge in [0.1, 0.15) is 0 Å². The minimum atomic E-state index is -0.219. The van der Waals surface area contributed by atoms with Gasteiger partial charge in [-0.3, -0.25) is 14.7 Å². The number of benzene rings is 1. The monoisotopic (exact) mass is 307 g/mol. The number of carbonyl (C=O) groups is 1. The first-order chi connectivity index (χ1) is 11.3. The molecule has 4 rings (SSSR count). The molecule has 0 saturated carbocycles. The van der Waals surface area contributed by atoms with E-state index in [0.717, 1.165) is 44.6 Å². The number of likely N-dealkylation sites (tertiary alicyclic amines) is 1. The fourth-order valence-electron chi connectivity index (χ4n) is 3.79. The van der Waals surface area contributed by atoms with E-state index in [1.807, 2.05) is 24.5 Å². The number of carbonyl (C=O) groups excluding carboxylic acids is 1. The van der Waals surface area contributed by atoms with Crippen molar-refractivity contribution >= 4 is 11.6 Å². The maximum absolute atomic E-state index is 12.7. The Kier molecular flexibility index (Phi) is 3.62. The molecule has 3 heterocycles. The van der Waals surface area contributed by atoms with E-state index in [4.69, 9.17) is 0 Å². The first-order valence-corrected chi connectivity index (χ1v) is 8.26. The lowest BCUT2D eigenvalue weighted by Gasteiger charge is -2.43. The first-order valence-electron chi connectivity index (χ1n) is 8.26. The van der Waals surface area contributed by atoms with Crippen LogP contribution in [0.5, 0.6) is 0 Å². The lowest BCUT2D eigenvalue weighted by atomic mass is 9.71. The molecule has 0 unspecified atom stereocenters. The number of pyridine rings is 1. The van der Waals surface area contributed by atoms with E-state index in [2.05, 4.69) is 39.5 Å². The molecule has 1 aromatic carbocycles. The number of nitrogens with one attached hydrogen (secondary N) is 1.